The van der Waals surface area contributed by atoms with E-state index in [2.05, 4.69) is 23.9 Å². The summed E-state index contributed by atoms with van der Waals surface area (Å²) in [6.07, 6.45) is 2.53. The molecule has 0 unspecified atom stereocenters. The van der Waals surface area contributed by atoms with E-state index in [0.29, 0.717) is 11.1 Å². The van der Waals surface area contributed by atoms with Gasteiger partial charge in [-0.15, -0.1) is 0 Å². The molecule has 74 valence electrons. The first kappa shape index (κ1) is 9.46. The highest BCUT2D eigenvalue weighted by molar-refractivity contribution is 6.29. The van der Waals surface area contributed by atoms with Crippen LogP contribution in [0.25, 0.3) is 5.65 Å². The van der Waals surface area contributed by atoms with Gasteiger partial charge < -0.3 is 0 Å². The minimum atomic E-state index is 0.621. The summed E-state index contributed by atoms with van der Waals surface area (Å²) >= 11 is 6.05. The fraction of sp³-hybridized carbons (Fsp3) is 0.400. The Hall–Kier alpha value is -1.09. The van der Waals surface area contributed by atoms with Crippen LogP contribution in [0.1, 0.15) is 19.4 Å². The minimum absolute atomic E-state index is 0.621. The molecule has 2 aromatic heterocycles. The lowest BCUT2D eigenvalue weighted by atomic mass is 10.0. The van der Waals surface area contributed by atoms with Crippen molar-refractivity contribution in [2.75, 3.05) is 0 Å². The van der Waals surface area contributed by atoms with E-state index in [0.717, 1.165) is 12.1 Å². The minimum Gasteiger partial charge on any atom is -0.215 e. The van der Waals surface area contributed by atoms with Crippen LogP contribution in [0.4, 0.5) is 0 Å². The van der Waals surface area contributed by atoms with Crippen LogP contribution in [-0.4, -0.2) is 14.6 Å². The van der Waals surface area contributed by atoms with Crippen molar-refractivity contribution in [1.29, 1.82) is 0 Å². The van der Waals surface area contributed by atoms with E-state index in [1.807, 2.05) is 12.1 Å². The van der Waals surface area contributed by atoms with Crippen molar-refractivity contribution in [1.82, 2.24) is 14.6 Å². The second kappa shape index (κ2) is 3.58. The molecule has 0 radical (unpaired) electrons. The quantitative estimate of drug-likeness (QED) is 0.712. The summed E-state index contributed by atoms with van der Waals surface area (Å²) in [7, 11) is 0. The molecule has 0 saturated carbocycles. The van der Waals surface area contributed by atoms with Gasteiger partial charge in [0.15, 0.2) is 5.65 Å². The Morgan fingerprint density at radius 3 is 2.93 bits per heavy atom. The van der Waals surface area contributed by atoms with E-state index in [4.69, 9.17) is 11.6 Å². The van der Waals surface area contributed by atoms with Crippen LogP contribution >= 0.6 is 11.6 Å². The van der Waals surface area contributed by atoms with Crippen LogP contribution < -0.4 is 0 Å². The summed E-state index contributed by atoms with van der Waals surface area (Å²) in [5.74, 6) is 0.622. The zero-order valence-electron chi connectivity index (χ0n) is 8.24. The lowest BCUT2D eigenvalue weighted by molar-refractivity contribution is 0.646. The molecule has 0 saturated heterocycles. The number of hydrogen-bond acceptors (Lipinski definition) is 2. The van der Waals surface area contributed by atoms with Gasteiger partial charge in [-0.1, -0.05) is 25.4 Å². The van der Waals surface area contributed by atoms with E-state index in [-0.39, 0.29) is 0 Å². The molecular formula is C10H12ClN3. The second-order valence-electron chi connectivity index (χ2n) is 3.81. The van der Waals surface area contributed by atoms with Crippen molar-refractivity contribution in [2.45, 2.75) is 20.3 Å². The molecule has 14 heavy (non-hydrogen) atoms. The Morgan fingerprint density at radius 2 is 2.21 bits per heavy atom. The highest BCUT2D eigenvalue weighted by Crippen LogP contribution is 2.16. The van der Waals surface area contributed by atoms with Gasteiger partial charge in [0.2, 0.25) is 0 Å². The van der Waals surface area contributed by atoms with Crippen LogP contribution in [0.2, 0.25) is 5.15 Å². The SMILES string of the molecule is CC(C)Cc1cc(Cl)n2ncnc2c1. The Labute approximate surface area is 87.7 Å². The Bertz CT molecular complexity index is 448. The standard InChI is InChI=1S/C10H12ClN3/c1-7(2)3-8-4-9(11)14-10(5-8)12-6-13-14/h4-7H,3H2,1-2H3. The van der Waals surface area contributed by atoms with Gasteiger partial charge in [0, 0.05) is 0 Å². The summed E-state index contributed by atoms with van der Waals surface area (Å²) in [6, 6.07) is 3.97. The van der Waals surface area contributed by atoms with Gasteiger partial charge in [0.05, 0.1) is 0 Å². The van der Waals surface area contributed by atoms with E-state index >= 15 is 0 Å². The maximum atomic E-state index is 6.05. The largest absolute Gasteiger partial charge is 0.215 e. The molecule has 0 N–H and O–H groups in total. The predicted octanol–water partition coefficient (Wildman–Crippen LogP) is 2.58. The molecule has 0 aliphatic rings. The Morgan fingerprint density at radius 1 is 1.43 bits per heavy atom. The third-order valence-corrected chi connectivity index (χ3v) is 2.31. The van der Waals surface area contributed by atoms with Gasteiger partial charge in [0.1, 0.15) is 11.5 Å². The van der Waals surface area contributed by atoms with Gasteiger partial charge in [0.25, 0.3) is 0 Å². The first-order valence-electron chi connectivity index (χ1n) is 4.65. The summed E-state index contributed by atoms with van der Waals surface area (Å²) in [6.45, 7) is 4.36. The van der Waals surface area contributed by atoms with Crippen molar-refractivity contribution in [2.24, 2.45) is 5.92 Å². The fourth-order valence-electron chi connectivity index (χ4n) is 1.52. The zero-order valence-corrected chi connectivity index (χ0v) is 8.99. The van der Waals surface area contributed by atoms with Gasteiger partial charge in [-0.25, -0.2) is 9.50 Å². The summed E-state index contributed by atoms with van der Waals surface area (Å²) < 4.78 is 1.63. The third kappa shape index (κ3) is 1.73. The first-order chi connectivity index (χ1) is 6.66. The summed E-state index contributed by atoms with van der Waals surface area (Å²) in [5, 5.41) is 4.63. The summed E-state index contributed by atoms with van der Waals surface area (Å²) in [5.41, 5.74) is 2.03. The highest BCUT2D eigenvalue weighted by Gasteiger charge is 2.04. The van der Waals surface area contributed by atoms with E-state index in [9.17, 15) is 0 Å². The van der Waals surface area contributed by atoms with Crippen molar-refractivity contribution >= 4 is 17.2 Å². The molecule has 0 atom stereocenters. The van der Waals surface area contributed by atoms with Crippen molar-refractivity contribution in [3.8, 4) is 0 Å². The van der Waals surface area contributed by atoms with Gasteiger partial charge in [-0.3, -0.25) is 0 Å². The van der Waals surface area contributed by atoms with E-state index in [1.165, 1.54) is 11.9 Å². The number of rotatable bonds is 2. The van der Waals surface area contributed by atoms with Gasteiger partial charge in [-0.2, -0.15) is 5.10 Å². The number of fused-ring (bicyclic) bond motifs is 1. The highest BCUT2D eigenvalue weighted by atomic mass is 35.5. The number of hydrogen-bond donors (Lipinski definition) is 0. The normalized spacial score (nSPS) is 11.4. The zero-order chi connectivity index (χ0) is 10.1. The molecule has 0 aliphatic carbocycles. The monoisotopic (exact) mass is 209 g/mol. The van der Waals surface area contributed by atoms with Crippen molar-refractivity contribution in [3.05, 3.63) is 29.2 Å². The molecular weight excluding hydrogens is 198 g/mol. The average molecular weight is 210 g/mol. The molecule has 0 amide bonds. The van der Waals surface area contributed by atoms with Crippen molar-refractivity contribution < 1.29 is 0 Å². The van der Waals surface area contributed by atoms with Crippen LogP contribution in [0, 0.1) is 5.92 Å². The summed E-state index contributed by atoms with van der Waals surface area (Å²) in [4.78, 5) is 4.11. The van der Waals surface area contributed by atoms with Crippen LogP contribution in [-0.2, 0) is 6.42 Å². The smallest absolute Gasteiger partial charge is 0.157 e. The maximum absolute atomic E-state index is 6.05. The lowest BCUT2D eigenvalue weighted by Gasteiger charge is -2.05. The molecule has 0 aromatic carbocycles. The van der Waals surface area contributed by atoms with Crippen LogP contribution in [0.15, 0.2) is 18.5 Å². The second-order valence-corrected chi connectivity index (χ2v) is 4.20. The van der Waals surface area contributed by atoms with Crippen molar-refractivity contribution in [3.63, 3.8) is 0 Å². The molecule has 2 heterocycles. The first-order valence-corrected chi connectivity index (χ1v) is 5.03. The van der Waals surface area contributed by atoms with Gasteiger partial charge in [-0.05, 0) is 30.0 Å². The fourth-order valence-corrected chi connectivity index (χ4v) is 1.79. The topological polar surface area (TPSA) is 30.2 Å². The van der Waals surface area contributed by atoms with Crippen LogP contribution in [0.3, 0.4) is 0 Å². The number of nitrogens with zero attached hydrogens (tertiary/aromatic N) is 3. The molecule has 3 nitrogen and oxygen atoms in total. The molecule has 2 aromatic rings. The predicted molar refractivity (Wildman–Crippen MR) is 56.5 cm³/mol. The van der Waals surface area contributed by atoms with Gasteiger partial charge >= 0.3 is 0 Å². The molecule has 0 bridgehead atoms. The Kier molecular flexibility index (Phi) is 2.42. The third-order valence-electron chi connectivity index (χ3n) is 2.04. The van der Waals surface area contributed by atoms with E-state index < -0.39 is 0 Å². The molecule has 0 spiro atoms. The molecule has 2 rings (SSSR count). The van der Waals surface area contributed by atoms with E-state index in [1.54, 1.807) is 4.52 Å². The average Bonchev–Trinajstić information content (AvgIpc) is 2.50. The lowest BCUT2D eigenvalue weighted by Crippen LogP contribution is -1.97. The Balaban J connectivity index is 2.47. The number of pyridine rings is 1. The number of halogens is 1. The molecule has 0 fully saturated rings. The van der Waals surface area contributed by atoms with Crippen LogP contribution in [0.5, 0.6) is 0 Å². The molecule has 0 aliphatic heterocycles. The maximum Gasteiger partial charge on any atom is 0.157 e. The number of aromatic nitrogens is 3. The molecule has 4 heteroatoms.